The van der Waals surface area contributed by atoms with Crippen LogP contribution in [0.15, 0.2) is 41.3 Å². The van der Waals surface area contributed by atoms with E-state index in [0.717, 1.165) is 0 Å². The normalized spacial score (nSPS) is 9.93. The molecule has 0 saturated heterocycles. The van der Waals surface area contributed by atoms with Gasteiger partial charge in [-0.05, 0) is 18.2 Å². The average molecular weight is 223 g/mol. The van der Waals surface area contributed by atoms with Crippen LogP contribution in [0.4, 0.5) is 5.82 Å². The molecule has 0 aliphatic heterocycles. The van der Waals surface area contributed by atoms with Crippen molar-refractivity contribution in [2.75, 3.05) is 5.32 Å². The Morgan fingerprint density at radius 2 is 2.33 bits per heavy atom. The number of hydrogen-bond donors (Lipinski definition) is 1. The standard InChI is InChI=1S/C10H7ClN2O2/c11-8-2-1-4-12-9(8)13-10(14)7-3-5-15-6-7/h1-6H,(H,12,13,14). The first kappa shape index (κ1) is 9.73. The third-order valence-corrected chi connectivity index (χ3v) is 2.08. The topological polar surface area (TPSA) is 55.1 Å². The van der Waals surface area contributed by atoms with Gasteiger partial charge in [-0.3, -0.25) is 4.79 Å². The summed E-state index contributed by atoms with van der Waals surface area (Å²) in [7, 11) is 0. The number of rotatable bonds is 2. The quantitative estimate of drug-likeness (QED) is 0.850. The van der Waals surface area contributed by atoms with E-state index in [1.807, 2.05) is 0 Å². The van der Waals surface area contributed by atoms with Crippen LogP contribution >= 0.6 is 11.6 Å². The average Bonchev–Trinajstić information content (AvgIpc) is 2.74. The number of carbonyl (C=O) groups is 1. The Kier molecular flexibility index (Phi) is 2.69. The van der Waals surface area contributed by atoms with Gasteiger partial charge < -0.3 is 9.73 Å². The van der Waals surface area contributed by atoms with Gasteiger partial charge in [-0.1, -0.05) is 11.6 Å². The molecule has 0 bridgehead atoms. The van der Waals surface area contributed by atoms with Crippen molar-refractivity contribution >= 4 is 23.3 Å². The number of aromatic nitrogens is 1. The largest absolute Gasteiger partial charge is 0.472 e. The van der Waals surface area contributed by atoms with E-state index in [9.17, 15) is 4.79 Å². The minimum atomic E-state index is -0.302. The molecule has 0 atom stereocenters. The zero-order chi connectivity index (χ0) is 10.7. The summed E-state index contributed by atoms with van der Waals surface area (Å²) in [6.45, 7) is 0. The number of hydrogen-bond acceptors (Lipinski definition) is 3. The molecule has 0 aromatic carbocycles. The summed E-state index contributed by atoms with van der Waals surface area (Å²) in [6.07, 6.45) is 4.33. The predicted molar refractivity (Wildman–Crippen MR) is 55.9 cm³/mol. The molecule has 0 fully saturated rings. The zero-order valence-electron chi connectivity index (χ0n) is 7.61. The number of furan rings is 1. The van der Waals surface area contributed by atoms with E-state index in [-0.39, 0.29) is 5.91 Å². The van der Waals surface area contributed by atoms with E-state index in [1.165, 1.54) is 12.5 Å². The zero-order valence-corrected chi connectivity index (χ0v) is 8.36. The molecule has 0 saturated carbocycles. The SMILES string of the molecule is O=C(Nc1ncccc1Cl)c1ccoc1. The highest BCUT2D eigenvalue weighted by atomic mass is 35.5. The molecule has 0 aliphatic rings. The van der Waals surface area contributed by atoms with Crippen molar-refractivity contribution in [3.8, 4) is 0 Å². The summed E-state index contributed by atoms with van der Waals surface area (Å²) in [4.78, 5) is 15.5. The Balaban J connectivity index is 2.17. The summed E-state index contributed by atoms with van der Waals surface area (Å²) < 4.78 is 4.79. The number of amides is 1. The number of nitrogens with one attached hydrogen (secondary N) is 1. The smallest absolute Gasteiger partial charge is 0.260 e. The van der Waals surface area contributed by atoms with Crippen molar-refractivity contribution < 1.29 is 9.21 Å². The number of halogens is 1. The molecule has 2 heterocycles. The van der Waals surface area contributed by atoms with Crippen LogP contribution in [0.25, 0.3) is 0 Å². The monoisotopic (exact) mass is 222 g/mol. The van der Waals surface area contributed by atoms with Crippen molar-refractivity contribution in [3.63, 3.8) is 0 Å². The van der Waals surface area contributed by atoms with Crippen LogP contribution in [0.3, 0.4) is 0 Å². The van der Waals surface area contributed by atoms with Gasteiger partial charge in [0.25, 0.3) is 5.91 Å². The van der Waals surface area contributed by atoms with Gasteiger partial charge in [0.2, 0.25) is 0 Å². The van der Waals surface area contributed by atoms with Crippen LogP contribution in [-0.2, 0) is 0 Å². The molecule has 0 aliphatic carbocycles. The summed E-state index contributed by atoms with van der Waals surface area (Å²) >= 11 is 5.83. The van der Waals surface area contributed by atoms with Gasteiger partial charge in [0.15, 0.2) is 5.82 Å². The van der Waals surface area contributed by atoms with Gasteiger partial charge in [0.1, 0.15) is 6.26 Å². The maximum atomic E-state index is 11.6. The molecular formula is C10H7ClN2O2. The molecule has 0 spiro atoms. The maximum absolute atomic E-state index is 11.6. The lowest BCUT2D eigenvalue weighted by molar-refractivity contribution is 0.102. The van der Waals surface area contributed by atoms with E-state index < -0.39 is 0 Å². The summed E-state index contributed by atoms with van der Waals surface area (Å²) in [5.74, 6) is 0.0368. The number of carbonyl (C=O) groups excluding carboxylic acids is 1. The van der Waals surface area contributed by atoms with Crippen molar-refractivity contribution in [1.29, 1.82) is 0 Å². The second-order valence-corrected chi connectivity index (χ2v) is 3.21. The number of nitrogens with zero attached hydrogens (tertiary/aromatic N) is 1. The van der Waals surface area contributed by atoms with Gasteiger partial charge in [0, 0.05) is 6.20 Å². The molecular weight excluding hydrogens is 216 g/mol. The molecule has 2 aromatic rings. The Hall–Kier alpha value is -1.81. The lowest BCUT2D eigenvalue weighted by Crippen LogP contribution is -2.12. The van der Waals surface area contributed by atoms with E-state index in [1.54, 1.807) is 24.4 Å². The lowest BCUT2D eigenvalue weighted by atomic mass is 10.3. The predicted octanol–water partition coefficient (Wildman–Crippen LogP) is 2.58. The third-order valence-electron chi connectivity index (χ3n) is 1.77. The van der Waals surface area contributed by atoms with Crippen LogP contribution in [0.1, 0.15) is 10.4 Å². The second kappa shape index (κ2) is 4.14. The summed E-state index contributed by atoms with van der Waals surface area (Å²) in [5, 5.41) is 2.97. The number of anilines is 1. The first-order valence-corrected chi connectivity index (χ1v) is 4.59. The molecule has 15 heavy (non-hydrogen) atoms. The van der Waals surface area contributed by atoms with Crippen molar-refractivity contribution in [1.82, 2.24) is 4.98 Å². The molecule has 1 amide bonds. The Bertz CT molecular complexity index is 468. The summed E-state index contributed by atoms with van der Waals surface area (Å²) in [6, 6.07) is 4.90. The van der Waals surface area contributed by atoms with Gasteiger partial charge in [-0.25, -0.2) is 4.98 Å². The molecule has 0 radical (unpaired) electrons. The second-order valence-electron chi connectivity index (χ2n) is 2.80. The van der Waals surface area contributed by atoms with Gasteiger partial charge in [-0.15, -0.1) is 0 Å². The van der Waals surface area contributed by atoms with Gasteiger partial charge >= 0.3 is 0 Å². The molecule has 0 unspecified atom stereocenters. The fourth-order valence-electron chi connectivity index (χ4n) is 1.05. The fraction of sp³-hybridized carbons (Fsp3) is 0. The Morgan fingerprint density at radius 3 is 3.00 bits per heavy atom. The van der Waals surface area contributed by atoms with E-state index in [4.69, 9.17) is 16.0 Å². The Labute approximate surface area is 90.9 Å². The highest BCUT2D eigenvalue weighted by Gasteiger charge is 2.09. The van der Waals surface area contributed by atoms with Gasteiger partial charge in [0.05, 0.1) is 16.8 Å². The minimum absolute atomic E-state index is 0.302. The Morgan fingerprint density at radius 1 is 1.47 bits per heavy atom. The van der Waals surface area contributed by atoms with Crippen LogP contribution in [0.5, 0.6) is 0 Å². The van der Waals surface area contributed by atoms with Crippen molar-refractivity contribution in [2.24, 2.45) is 0 Å². The van der Waals surface area contributed by atoms with E-state index in [0.29, 0.717) is 16.4 Å². The first-order valence-electron chi connectivity index (χ1n) is 4.21. The highest BCUT2D eigenvalue weighted by Crippen LogP contribution is 2.18. The number of pyridine rings is 1. The molecule has 1 N–H and O–H groups in total. The van der Waals surface area contributed by atoms with Crippen LogP contribution in [0, 0.1) is 0 Å². The van der Waals surface area contributed by atoms with E-state index >= 15 is 0 Å². The van der Waals surface area contributed by atoms with Crippen LogP contribution in [-0.4, -0.2) is 10.9 Å². The van der Waals surface area contributed by atoms with Crippen molar-refractivity contribution in [2.45, 2.75) is 0 Å². The fourth-order valence-corrected chi connectivity index (χ4v) is 1.22. The molecule has 76 valence electrons. The lowest BCUT2D eigenvalue weighted by Gasteiger charge is -2.03. The molecule has 4 nitrogen and oxygen atoms in total. The highest BCUT2D eigenvalue weighted by molar-refractivity contribution is 6.33. The van der Waals surface area contributed by atoms with Crippen LogP contribution < -0.4 is 5.32 Å². The first-order chi connectivity index (χ1) is 7.27. The molecule has 5 heteroatoms. The van der Waals surface area contributed by atoms with Crippen LogP contribution in [0.2, 0.25) is 5.02 Å². The maximum Gasteiger partial charge on any atom is 0.260 e. The third kappa shape index (κ3) is 2.16. The molecule has 2 rings (SSSR count). The molecule has 2 aromatic heterocycles. The summed E-state index contributed by atoms with van der Waals surface area (Å²) in [5.41, 5.74) is 0.428. The minimum Gasteiger partial charge on any atom is -0.472 e. The van der Waals surface area contributed by atoms with E-state index in [2.05, 4.69) is 10.3 Å². The van der Waals surface area contributed by atoms with Crippen molar-refractivity contribution in [3.05, 3.63) is 47.5 Å². The van der Waals surface area contributed by atoms with Gasteiger partial charge in [-0.2, -0.15) is 0 Å².